The van der Waals surface area contributed by atoms with E-state index in [-0.39, 0.29) is 16.7 Å². The van der Waals surface area contributed by atoms with Gasteiger partial charge in [0.15, 0.2) is 0 Å². The number of aromatic nitrogens is 1. The molecular weight excluding hydrogens is 310 g/mol. The van der Waals surface area contributed by atoms with Crippen molar-refractivity contribution in [1.82, 2.24) is 10.3 Å². The van der Waals surface area contributed by atoms with E-state index in [2.05, 4.69) is 27.8 Å². The zero-order valence-electron chi connectivity index (χ0n) is 13.5. The molecule has 3 rings (SSSR count). The molecular formula is C18H22ClN3O. The van der Waals surface area contributed by atoms with Crippen molar-refractivity contribution < 1.29 is 4.79 Å². The Morgan fingerprint density at radius 1 is 1.48 bits per heavy atom. The average molecular weight is 332 g/mol. The van der Waals surface area contributed by atoms with Crippen LogP contribution in [0.2, 0.25) is 0 Å². The molecule has 0 radical (unpaired) electrons. The lowest BCUT2D eigenvalue weighted by Gasteiger charge is -2.18. The predicted octanol–water partition coefficient (Wildman–Crippen LogP) is 3.28. The standard InChI is InChI=1S/C18H22ClN3O/c1-12-16(13-3-5-14(6-4-13)17(19)23)9-15(10-21-12)22-11-18(20-2)7-8-18/h3-5,9-10,14,20,22H,6-8,11H2,1-2H3. The molecule has 1 aromatic heterocycles. The Bertz CT molecular complexity index is 677. The molecule has 1 heterocycles. The molecule has 4 nitrogen and oxygen atoms in total. The number of nitrogens with zero attached hydrogens (tertiary/aromatic N) is 1. The number of nitrogens with one attached hydrogen (secondary N) is 2. The molecule has 1 aromatic rings. The van der Waals surface area contributed by atoms with Crippen LogP contribution in [-0.4, -0.2) is 29.4 Å². The van der Waals surface area contributed by atoms with Gasteiger partial charge >= 0.3 is 0 Å². The van der Waals surface area contributed by atoms with Crippen LogP contribution in [0.5, 0.6) is 0 Å². The summed E-state index contributed by atoms with van der Waals surface area (Å²) < 4.78 is 0. The smallest absolute Gasteiger partial charge is 0.228 e. The summed E-state index contributed by atoms with van der Waals surface area (Å²) >= 11 is 5.56. The van der Waals surface area contributed by atoms with Crippen molar-refractivity contribution >= 4 is 28.1 Å². The van der Waals surface area contributed by atoms with Crippen molar-refractivity contribution in [3.8, 4) is 0 Å². The number of hydrogen-bond donors (Lipinski definition) is 2. The summed E-state index contributed by atoms with van der Waals surface area (Å²) in [5, 5.41) is 6.56. The zero-order valence-corrected chi connectivity index (χ0v) is 14.3. The van der Waals surface area contributed by atoms with Crippen molar-refractivity contribution in [3.05, 3.63) is 41.7 Å². The van der Waals surface area contributed by atoms with Crippen LogP contribution in [0, 0.1) is 12.8 Å². The van der Waals surface area contributed by atoms with E-state index in [9.17, 15) is 4.79 Å². The fourth-order valence-electron chi connectivity index (χ4n) is 2.85. The molecule has 1 unspecified atom stereocenters. The van der Waals surface area contributed by atoms with Crippen LogP contribution in [0.15, 0.2) is 30.5 Å². The molecule has 122 valence electrons. The number of anilines is 1. The summed E-state index contributed by atoms with van der Waals surface area (Å²) in [5.41, 5.74) is 4.46. The van der Waals surface area contributed by atoms with E-state index in [4.69, 9.17) is 11.6 Å². The second-order valence-electron chi connectivity index (χ2n) is 6.41. The summed E-state index contributed by atoms with van der Waals surface area (Å²) in [6.45, 7) is 2.91. The summed E-state index contributed by atoms with van der Waals surface area (Å²) in [6.07, 6.45) is 10.9. The Labute approximate surface area is 142 Å². The highest BCUT2D eigenvalue weighted by atomic mass is 35.5. The minimum Gasteiger partial charge on any atom is -0.382 e. The quantitative estimate of drug-likeness (QED) is 0.785. The minimum absolute atomic E-state index is 0.208. The Kier molecular flexibility index (Phi) is 4.55. The molecule has 0 spiro atoms. The lowest BCUT2D eigenvalue weighted by Crippen LogP contribution is -2.34. The zero-order chi connectivity index (χ0) is 16.4. The van der Waals surface area contributed by atoms with Gasteiger partial charge in [-0.2, -0.15) is 0 Å². The summed E-state index contributed by atoms with van der Waals surface area (Å²) in [7, 11) is 2.01. The van der Waals surface area contributed by atoms with E-state index in [0.717, 1.165) is 29.1 Å². The van der Waals surface area contributed by atoms with E-state index in [1.54, 1.807) is 0 Å². The van der Waals surface area contributed by atoms with Gasteiger partial charge in [-0.25, -0.2) is 0 Å². The monoisotopic (exact) mass is 331 g/mol. The molecule has 2 N–H and O–H groups in total. The third-order valence-electron chi connectivity index (χ3n) is 4.80. The van der Waals surface area contributed by atoms with Crippen LogP contribution in [0.3, 0.4) is 0 Å². The fourth-order valence-corrected chi connectivity index (χ4v) is 3.01. The third kappa shape index (κ3) is 3.65. The molecule has 2 aliphatic carbocycles. The first-order valence-corrected chi connectivity index (χ1v) is 8.38. The van der Waals surface area contributed by atoms with E-state index in [0.29, 0.717) is 6.42 Å². The first-order chi connectivity index (χ1) is 11.0. The van der Waals surface area contributed by atoms with Crippen LogP contribution in [0.4, 0.5) is 5.69 Å². The summed E-state index contributed by atoms with van der Waals surface area (Å²) in [5.74, 6) is -0.208. The molecule has 1 saturated carbocycles. The predicted molar refractivity (Wildman–Crippen MR) is 94.6 cm³/mol. The molecule has 0 bridgehead atoms. The molecule has 0 amide bonds. The molecule has 0 aliphatic heterocycles. The highest BCUT2D eigenvalue weighted by Crippen LogP contribution is 2.35. The van der Waals surface area contributed by atoms with Gasteiger partial charge in [-0.15, -0.1) is 0 Å². The van der Waals surface area contributed by atoms with Gasteiger partial charge in [0.25, 0.3) is 0 Å². The Morgan fingerprint density at radius 2 is 2.26 bits per heavy atom. The van der Waals surface area contributed by atoms with Crippen molar-refractivity contribution in [2.24, 2.45) is 5.92 Å². The summed E-state index contributed by atoms with van der Waals surface area (Å²) in [4.78, 5) is 15.7. The average Bonchev–Trinajstić information content (AvgIpc) is 3.35. The number of likely N-dealkylation sites (N-methyl/N-ethyl adjacent to an activating group) is 1. The van der Waals surface area contributed by atoms with Gasteiger partial charge in [-0.05, 0) is 56.5 Å². The second kappa shape index (κ2) is 6.46. The van der Waals surface area contributed by atoms with Gasteiger partial charge in [0.2, 0.25) is 5.24 Å². The maximum atomic E-state index is 11.2. The lowest BCUT2D eigenvalue weighted by molar-refractivity contribution is -0.113. The van der Waals surface area contributed by atoms with Crippen molar-refractivity contribution in [2.45, 2.75) is 31.7 Å². The third-order valence-corrected chi connectivity index (χ3v) is 5.08. The van der Waals surface area contributed by atoms with Crippen molar-refractivity contribution in [1.29, 1.82) is 0 Å². The van der Waals surface area contributed by atoms with Crippen LogP contribution < -0.4 is 10.6 Å². The molecule has 1 atom stereocenters. The van der Waals surface area contributed by atoms with Gasteiger partial charge in [0, 0.05) is 23.3 Å². The highest BCUT2D eigenvalue weighted by molar-refractivity contribution is 6.64. The first-order valence-electron chi connectivity index (χ1n) is 8.00. The number of hydrogen-bond acceptors (Lipinski definition) is 4. The van der Waals surface area contributed by atoms with E-state index in [1.807, 2.05) is 32.3 Å². The fraction of sp³-hybridized carbons (Fsp3) is 0.444. The Balaban J connectivity index is 1.74. The normalized spacial score (nSPS) is 21.7. The van der Waals surface area contributed by atoms with Gasteiger partial charge in [0.1, 0.15) is 0 Å². The van der Waals surface area contributed by atoms with E-state index in [1.165, 1.54) is 12.8 Å². The second-order valence-corrected chi connectivity index (χ2v) is 6.78. The lowest BCUT2D eigenvalue weighted by atomic mass is 9.93. The maximum absolute atomic E-state index is 11.2. The van der Waals surface area contributed by atoms with Crippen LogP contribution in [-0.2, 0) is 4.79 Å². The molecule has 0 aromatic carbocycles. The number of pyridine rings is 1. The number of aryl methyl sites for hydroxylation is 1. The van der Waals surface area contributed by atoms with E-state index >= 15 is 0 Å². The SMILES string of the molecule is CNC1(CNc2cnc(C)c(C3=CCC(C(=O)Cl)C=C3)c2)CC1. The van der Waals surface area contributed by atoms with Gasteiger partial charge in [-0.3, -0.25) is 9.78 Å². The molecule has 5 heteroatoms. The number of carbonyl (C=O) groups is 1. The Morgan fingerprint density at radius 3 is 2.83 bits per heavy atom. The van der Waals surface area contributed by atoms with Gasteiger partial charge in [-0.1, -0.05) is 18.2 Å². The number of allylic oxidation sites excluding steroid dienone is 4. The molecule has 1 fully saturated rings. The minimum atomic E-state index is -0.302. The van der Waals surface area contributed by atoms with Gasteiger partial charge < -0.3 is 10.6 Å². The molecule has 0 saturated heterocycles. The van der Waals surface area contributed by atoms with Crippen LogP contribution in [0.1, 0.15) is 30.5 Å². The van der Waals surface area contributed by atoms with Crippen molar-refractivity contribution in [2.75, 3.05) is 18.9 Å². The molecule has 2 aliphatic rings. The number of carbonyl (C=O) groups excluding carboxylic acids is 1. The molecule has 23 heavy (non-hydrogen) atoms. The number of rotatable bonds is 6. The first kappa shape index (κ1) is 16.2. The summed E-state index contributed by atoms with van der Waals surface area (Å²) in [6, 6.07) is 2.13. The van der Waals surface area contributed by atoms with E-state index < -0.39 is 0 Å². The van der Waals surface area contributed by atoms with Crippen molar-refractivity contribution in [3.63, 3.8) is 0 Å². The topological polar surface area (TPSA) is 54.0 Å². The highest BCUT2D eigenvalue weighted by Gasteiger charge is 2.40. The van der Waals surface area contributed by atoms with Crippen LogP contribution >= 0.6 is 11.6 Å². The van der Waals surface area contributed by atoms with Crippen LogP contribution in [0.25, 0.3) is 5.57 Å². The largest absolute Gasteiger partial charge is 0.382 e. The Hall–Kier alpha value is -1.65. The van der Waals surface area contributed by atoms with Gasteiger partial charge in [0.05, 0.1) is 17.8 Å². The number of halogens is 1. The maximum Gasteiger partial charge on any atom is 0.228 e.